The number of rotatable bonds is 6. The first-order valence-corrected chi connectivity index (χ1v) is 5.16. The topological polar surface area (TPSA) is 112 Å². The largest absolute Gasteiger partial charge is 0.481 e. The van der Waals surface area contributed by atoms with Crippen molar-refractivity contribution >= 4 is 17.9 Å². The summed E-state index contributed by atoms with van der Waals surface area (Å²) in [6, 6.07) is 7.75. The predicted octanol–water partition coefficient (Wildman–Crippen LogP) is 1.03. The number of benzene rings is 1. The van der Waals surface area contributed by atoms with Crippen molar-refractivity contribution in [2.24, 2.45) is 5.92 Å². The molecule has 0 bridgehead atoms. The van der Waals surface area contributed by atoms with E-state index < -0.39 is 36.2 Å². The minimum Gasteiger partial charge on any atom is -0.481 e. The fraction of sp³-hybridized carbons (Fsp3) is 0.250. The summed E-state index contributed by atoms with van der Waals surface area (Å²) >= 11 is 0. The summed E-state index contributed by atoms with van der Waals surface area (Å²) in [6.07, 6.45) is -0.735. The Morgan fingerprint density at radius 2 is 1.50 bits per heavy atom. The van der Waals surface area contributed by atoms with Crippen LogP contribution in [-0.2, 0) is 14.4 Å². The number of aliphatic carboxylic acids is 3. The zero-order valence-corrected chi connectivity index (χ0v) is 9.31. The molecule has 0 aliphatic rings. The van der Waals surface area contributed by atoms with Gasteiger partial charge >= 0.3 is 17.9 Å². The highest BCUT2D eigenvalue weighted by Crippen LogP contribution is 2.28. The molecular formula is C12H12O6. The number of hydrogen-bond donors (Lipinski definition) is 3. The fourth-order valence-electron chi connectivity index (χ4n) is 1.74. The normalized spacial score (nSPS) is 13.6. The van der Waals surface area contributed by atoms with Crippen LogP contribution >= 0.6 is 0 Å². The second-order valence-electron chi connectivity index (χ2n) is 3.77. The Balaban J connectivity index is 3.13. The number of carbonyl (C=O) groups is 3. The highest BCUT2D eigenvalue weighted by Gasteiger charge is 2.36. The lowest BCUT2D eigenvalue weighted by molar-refractivity contribution is -0.154. The minimum absolute atomic E-state index is 0.277. The maximum absolute atomic E-state index is 11.2. The van der Waals surface area contributed by atoms with E-state index in [0.717, 1.165) is 0 Å². The molecule has 0 saturated carbocycles. The molecule has 6 heteroatoms. The maximum Gasteiger partial charge on any atom is 0.311 e. The lowest BCUT2D eigenvalue weighted by Crippen LogP contribution is -2.30. The van der Waals surface area contributed by atoms with Crippen molar-refractivity contribution in [3.63, 3.8) is 0 Å². The molecule has 6 nitrogen and oxygen atoms in total. The SMILES string of the molecule is O=C(O)CC(C(=O)O)C(C(=O)O)c1ccccc1. The van der Waals surface area contributed by atoms with E-state index in [9.17, 15) is 14.4 Å². The van der Waals surface area contributed by atoms with Crippen LogP contribution in [-0.4, -0.2) is 33.2 Å². The van der Waals surface area contributed by atoms with Crippen LogP contribution in [0.25, 0.3) is 0 Å². The molecule has 1 rings (SSSR count). The summed E-state index contributed by atoms with van der Waals surface area (Å²) in [6.45, 7) is 0. The van der Waals surface area contributed by atoms with Crippen molar-refractivity contribution in [3.05, 3.63) is 35.9 Å². The first kappa shape index (κ1) is 13.7. The summed E-state index contributed by atoms with van der Waals surface area (Å²) in [5, 5.41) is 26.7. The Morgan fingerprint density at radius 1 is 0.944 bits per heavy atom. The van der Waals surface area contributed by atoms with Gasteiger partial charge in [0, 0.05) is 0 Å². The zero-order chi connectivity index (χ0) is 13.7. The van der Waals surface area contributed by atoms with Gasteiger partial charge < -0.3 is 15.3 Å². The van der Waals surface area contributed by atoms with Gasteiger partial charge in [-0.1, -0.05) is 30.3 Å². The van der Waals surface area contributed by atoms with E-state index in [4.69, 9.17) is 15.3 Å². The van der Waals surface area contributed by atoms with Crippen LogP contribution in [0.3, 0.4) is 0 Å². The van der Waals surface area contributed by atoms with Crippen LogP contribution < -0.4 is 0 Å². The van der Waals surface area contributed by atoms with Crippen LogP contribution in [0.5, 0.6) is 0 Å². The molecule has 3 N–H and O–H groups in total. The molecular weight excluding hydrogens is 240 g/mol. The summed E-state index contributed by atoms with van der Waals surface area (Å²) in [5.74, 6) is -7.00. The molecule has 2 atom stereocenters. The van der Waals surface area contributed by atoms with Crippen molar-refractivity contribution in [1.82, 2.24) is 0 Å². The molecule has 0 radical (unpaired) electrons. The molecule has 0 fully saturated rings. The van der Waals surface area contributed by atoms with E-state index in [0.29, 0.717) is 0 Å². The van der Waals surface area contributed by atoms with Crippen molar-refractivity contribution < 1.29 is 29.7 Å². The van der Waals surface area contributed by atoms with E-state index in [1.807, 2.05) is 0 Å². The lowest BCUT2D eigenvalue weighted by Gasteiger charge is -2.19. The molecule has 2 unspecified atom stereocenters. The van der Waals surface area contributed by atoms with Crippen LogP contribution in [0.1, 0.15) is 17.9 Å². The summed E-state index contributed by atoms with van der Waals surface area (Å²) in [4.78, 5) is 32.8. The summed E-state index contributed by atoms with van der Waals surface area (Å²) in [5.41, 5.74) is 0.277. The third-order valence-electron chi connectivity index (χ3n) is 2.54. The number of carboxylic acid groups (broad SMARTS) is 3. The van der Waals surface area contributed by atoms with E-state index in [1.54, 1.807) is 18.2 Å². The molecule has 1 aromatic rings. The standard InChI is InChI=1S/C12H12O6/c13-9(14)6-8(11(15)16)10(12(17)18)7-4-2-1-3-5-7/h1-5,8,10H,6H2,(H,13,14)(H,15,16)(H,17,18). The summed E-state index contributed by atoms with van der Waals surface area (Å²) in [7, 11) is 0. The molecule has 0 saturated heterocycles. The second-order valence-corrected chi connectivity index (χ2v) is 3.77. The van der Waals surface area contributed by atoms with Gasteiger partial charge in [0.15, 0.2) is 0 Å². The molecule has 18 heavy (non-hydrogen) atoms. The molecule has 0 heterocycles. The Labute approximate surface area is 102 Å². The fourth-order valence-corrected chi connectivity index (χ4v) is 1.74. The molecule has 96 valence electrons. The molecule has 1 aromatic carbocycles. The Kier molecular flexibility index (Phi) is 4.42. The van der Waals surface area contributed by atoms with Crippen molar-refractivity contribution in [1.29, 1.82) is 0 Å². The third-order valence-corrected chi connectivity index (χ3v) is 2.54. The van der Waals surface area contributed by atoms with Crippen molar-refractivity contribution in [3.8, 4) is 0 Å². The highest BCUT2D eigenvalue weighted by atomic mass is 16.4. The van der Waals surface area contributed by atoms with Gasteiger partial charge in [-0.25, -0.2) is 0 Å². The number of carboxylic acids is 3. The van der Waals surface area contributed by atoms with Gasteiger partial charge in [0.25, 0.3) is 0 Å². The Bertz CT molecular complexity index is 453. The first-order valence-electron chi connectivity index (χ1n) is 5.16. The molecule has 0 aliphatic heterocycles. The monoisotopic (exact) mass is 252 g/mol. The maximum atomic E-state index is 11.2. The molecule has 0 spiro atoms. The number of hydrogen-bond acceptors (Lipinski definition) is 3. The highest BCUT2D eigenvalue weighted by molar-refractivity contribution is 5.87. The average molecular weight is 252 g/mol. The van der Waals surface area contributed by atoms with Gasteiger partial charge in [-0.2, -0.15) is 0 Å². The average Bonchev–Trinajstić information content (AvgIpc) is 2.28. The van der Waals surface area contributed by atoms with Gasteiger partial charge in [-0.3, -0.25) is 14.4 Å². The lowest BCUT2D eigenvalue weighted by atomic mass is 9.84. The van der Waals surface area contributed by atoms with Gasteiger partial charge in [0.2, 0.25) is 0 Å². The van der Waals surface area contributed by atoms with Gasteiger partial charge in [-0.05, 0) is 5.56 Å². The second kappa shape index (κ2) is 5.81. The van der Waals surface area contributed by atoms with Gasteiger partial charge in [0.05, 0.1) is 18.3 Å². The smallest absolute Gasteiger partial charge is 0.311 e. The van der Waals surface area contributed by atoms with E-state index in [1.165, 1.54) is 12.1 Å². The van der Waals surface area contributed by atoms with E-state index in [-0.39, 0.29) is 5.56 Å². The zero-order valence-electron chi connectivity index (χ0n) is 9.31. The van der Waals surface area contributed by atoms with E-state index >= 15 is 0 Å². The minimum atomic E-state index is -1.50. The van der Waals surface area contributed by atoms with Gasteiger partial charge in [-0.15, -0.1) is 0 Å². The summed E-state index contributed by atoms with van der Waals surface area (Å²) < 4.78 is 0. The predicted molar refractivity (Wildman–Crippen MR) is 60.2 cm³/mol. The van der Waals surface area contributed by atoms with Crippen LogP contribution in [0.15, 0.2) is 30.3 Å². The van der Waals surface area contributed by atoms with Crippen molar-refractivity contribution in [2.45, 2.75) is 12.3 Å². The van der Waals surface area contributed by atoms with Gasteiger partial charge in [0.1, 0.15) is 0 Å². The Morgan fingerprint density at radius 3 is 1.89 bits per heavy atom. The van der Waals surface area contributed by atoms with Crippen LogP contribution in [0.2, 0.25) is 0 Å². The molecule has 0 aromatic heterocycles. The quantitative estimate of drug-likeness (QED) is 0.697. The Hall–Kier alpha value is -2.37. The van der Waals surface area contributed by atoms with E-state index in [2.05, 4.69) is 0 Å². The molecule has 0 amide bonds. The first-order chi connectivity index (χ1) is 8.43. The third kappa shape index (κ3) is 3.31. The van der Waals surface area contributed by atoms with Crippen LogP contribution in [0.4, 0.5) is 0 Å². The molecule has 0 aliphatic carbocycles. The van der Waals surface area contributed by atoms with Crippen LogP contribution in [0, 0.1) is 5.92 Å². The van der Waals surface area contributed by atoms with Crippen molar-refractivity contribution in [2.75, 3.05) is 0 Å².